The zero-order valence-electron chi connectivity index (χ0n) is 9.26. The predicted molar refractivity (Wildman–Crippen MR) is 70.1 cm³/mol. The molecule has 1 heterocycles. The fraction of sp³-hybridized carbons (Fsp3) is 0.182. The third kappa shape index (κ3) is 2.05. The molecule has 0 fully saturated rings. The highest BCUT2D eigenvalue weighted by Gasteiger charge is 2.14. The first-order valence-corrected chi connectivity index (χ1v) is 6.05. The largest absolute Gasteiger partial charge is 0.397 e. The number of hydrogen-bond donors (Lipinski definition) is 1. The van der Waals surface area contributed by atoms with Crippen LogP contribution in [0.5, 0.6) is 0 Å². The zero-order chi connectivity index (χ0) is 12.7. The van der Waals surface area contributed by atoms with E-state index in [1.807, 2.05) is 13.8 Å². The standard InChI is InChI=1S/C11H10BrClFN3/c1-5-11(12)6(2)17(16-5)10-3-7(13)8(14)4-9(10)15/h3-4H,15H2,1-2H3. The Bertz CT molecular complexity index is 595. The lowest BCUT2D eigenvalue weighted by molar-refractivity contribution is 0.628. The maximum Gasteiger partial charge on any atom is 0.143 e. The molecule has 2 aromatic rings. The summed E-state index contributed by atoms with van der Waals surface area (Å²) in [6, 6.07) is 2.67. The number of nitrogens with zero attached hydrogens (tertiary/aromatic N) is 2. The Labute approximate surface area is 112 Å². The molecule has 0 saturated heterocycles. The van der Waals surface area contributed by atoms with Crippen LogP contribution in [0.2, 0.25) is 5.02 Å². The number of aromatic nitrogens is 2. The SMILES string of the molecule is Cc1nn(-c2cc(Cl)c(F)cc2N)c(C)c1Br. The van der Waals surface area contributed by atoms with E-state index < -0.39 is 5.82 Å². The second-order valence-corrected chi connectivity index (χ2v) is 4.92. The molecule has 0 aliphatic rings. The molecule has 0 aliphatic heterocycles. The van der Waals surface area contributed by atoms with E-state index >= 15 is 0 Å². The minimum atomic E-state index is -0.534. The second-order valence-electron chi connectivity index (χ2n) is 3.72. The highest BCUT2D eigenvalue weighted by atomic mass is 79.9. The summed E-state index contributed by atoms with van der Waals surface area (Å²) in [7, 11) is 0. The monoisotopic (exact) mass is 317 g/mol. The number of anilines is 1. The van der Waals surface area contributed by atoms with E-state index in [0.717, 1.165) is 15.9 Å². The van der Waals surface area contributed by atoms with Gasteiger partial charge in [0.15, 0.2) is 0 Å². The van der Waals surface area contributed by atoms with E-state index in [0.29, 0.717) is 11.4 Å². The number of halogens is 3. The summed E-state index contributed by atoms with van der Waals surface area (Å²) in [6.45, 7) is 3.76. The molecule has 0 spiro atoms. The van der Waals surface area contributed by atoms with E-state index in [4.69, 9.17) is 17.3 Å². The van der Waals surface area contributed by atoms with Crippen LogP contribution in [0, 0.1) is 19.7 Å². The van der Waals surface area contributed by atoms with E-state index in [2.05, 4.69) is 21.0 Å². The molecule has 0 bridgehead atoms. The van der Waals surface area contributed by atoms with Crippen molar-refractivity contribution >= 4 is 33.2 Å². The minimum absolute atomic E-state index is 0.0258. The fourth-order valence-electron chi connectivity index (χ4n) is 1.59. The lowest BCUT2D eigenvalue weighted by atomic mass is 10.2. The van der Waals surface area contributed by atoms with Crippen LogP contribution < -0.4 is 5.73 Å². The zero-order valence-corrected chi connectivity index (χ0v) is 11.6. The number of nitrogen functional groups attached to an aromatic ring is 1. The summed E-state index contributed by atoms with van der Waals surface area (Å²) < 4.78 is 15.7. The van der Waals surface area contributed by atoms with Gasteiger partial charge in [-0.1, -0.05) is 11.6 Å². The van der Waals surface area contributed by atoms with Crippen LogP contribution in [0.15, 0.2) is 16.6 Å². The molecular weight excluding hydrogens is 308 g/mol. The van der Waals surface area contributed by atoms with Gasteiger partial charge in [0.1, 0.15) is 5.82 Å². The van der Waals surface area contributed by atoms with Gasteiger partial charge in [-0.05, 0) is 35.8 Å². The molecule has 17 heavy (non-hydrogen) atoms. The molecule has 1 aromatic heterocycles. The van der Waals surface area contributed by atoms with Crippen molar-refractivity contribution in [2.24, 2.45) is 0 Å². The van der Waals surface area contributed by atoms with Crippen molar-refractivity contribution in [2.45, 2.75) is 13.8 Å². The lowest BCUT2D eigenvalue weighted by Gasteiger charge is -2.09. The Morgan fingerprint density at radius 2 is 2.06 bits per heavy atom. The maximum atomic E-state index is 13.2. The Kier molecular flexibility index (Phi) is 3.14. The summed E-state index contributed by atoms with van der Waals surface area (Å²) >= 11 is 9.17. The topological polar surface area (TPSA) is 43.8 Å². The molecule has 3 nitrogen and oxygen atoms in total. The van der Waals surface area contributed by atoms with Gasteiger partial charge in [-0.3, -0.25) is 0 Å². The van der Waals surface area contributed by atoms with Gasteiger partial charge in [0.25, 0.3) is 0 Å². The normalized spacial score (nSPS) is 10.9. The van der Waals surface area contributed by atoms with E-state index in [1.165, 1.54) is 12.1 Å². The first kappa shape index (κ1) is 12.4. The van der Waals surface area contributed by atoms with E-state index in [9.17, 15) is 4.39 Å². The first-order chi connectivity index (χ1) is 7.91. The summed E-state index contributed by atoms with van der Waals surface area (Å²) in [6.07, 6.45) is 0. The van der Waals surface area contributed by atoms with Crippen LogP contribution in [0.3, 0.4) is 0 Å². The molecule has 90 valence electrons. The molecule has 0 amide bonds. The van der Waals surface area contributed by atoms with Crippen LogP contribution in [0.25, 0.3) is 5.69 Å². The Morgan fingerprint density at radius 1 is 1.41 bits per heavy atom. The van der Waals surface area contributed by atoms with Crippen molar-refractivity contribution in [2.75, 3.05) is 5.73 Å². The Morgan fingerprint density at radius 3 is 2.59 bits per heavy atom. The average molecular weight is 319 g/mol. The van der Waals surface area contributed by atoms with Crippen LogP contribution in [-0.4, -0.2) is 9.78 Å². The quantitative estimate of drug-likeness (QED) is 0.816. The highest BCUT2D eigenvalue weighted by Crippen LogP contribution is 2.29. The van der Waals surface area contributed by atoms with Gasteiger partial charge in [-0.2, -0.15) is 5.10 Å². The Balaban J connectivity index is 2.68. The third-order valence-corrected chi connectivity index (χ3v) is 3.94. The number of rotatable bonds is 1. The minimum Gasteiger partial charge on any atom is -0.397 e. The van der Waals surface area contributed by atoms with Crippen molar-refractivity contribution < 1.29 is 4.39 Å². The van der Waals surface area contributed by atoms with E-state index in [-0.39, 0.29) is 5.02 Å². The number of aryl methyl sites for hydroxylation is 1. The summed E-state index contributed by atoms with van der Waals surface area (Å²) in [4.78, 5) is 0. The third-order valence-electron chi connectivity index (χ3n) is 2.50. The number of benzene rings is 1. The second kappa shape index (κ2) is 4.31. The van der Waals surface area contributed by atoms with Crippen LogP contribution >= 0.6 is 27.5 Å². The Hall–Kier alpha value is -1.07. The summed E-state index contributed by atoms with van der Waals surface area (Å²) in [5.74, 6) is -0.534. The average Bonchev–Trinajstić information content (AvgIpc) is 2.51. The van der Waals surface area contributed by atoms with Gasteiger partial charge in [0, 0.05) is 6.07 Å². The molecular formula is C11H10BrClFN3. The molecule has 0 saturated carbocycles. The number of hydrogen-bond acceptors (Lipinski definition) is 2. The van der Waals surface area contributed by atoms with Crippen LogP contribution in [-0.2, 0) is 0 Å². The molecule has 0 atom stereocenters. The van der Waals surface area contributed by atoms with Crippen molar-refractivity contribution in [1.29, 1.82) is 0 Å². The molecule has 2 N–H and O–H groups in total. The van der Waals surface area contributed by atoms with Gasteiger partial charge in [-0.15, -0.1) is 0 Å². The van der Waals surface area contributed by atoms with Crippen molar-refractivity contribution in [3.63, 3.8) is 0 Å². The van der Waals surface area contributed by atoms with Gasteiger partial charge >= 0.3 is 0 Å². The van der Waals surface area contributed by atoms with Crippen LogP contribution in [0.1, 0.15) is 11.4 Å². The van der Waals surface area contributed by atoms with Crippen molar-refractivity contribution in [3.05, 3.63) is 38.8 Å². The maximum absolute atomic E-state index is 13.2. The molecule has 0 unspecified atom stereocenters. The molecule has 1 aromatic carbocycles. The molecule has 2 rings (SSSR count). The first-order valence-electron chi connectivity index (χ1n) is 4.88. The molecule has 0 aliphatic carbocycles. The van der Waals surface area contributed by atoms with Crippen molar-refractivity contribution in [3.8, 4) is 5.69 Å². The summed E-state index contributed by atoms with van der Waals surface area (Å²) in [5, 5.41) is 4.35. The smallest absolute Gasteiger partial charge is 0.143 e. The molecule has 0 radical (unpaired) electrons. The predicted octanol–water partition coefficient (Wildman–Crippen LogP) is 3.63. The summed E-state index contributed by atoms with van der Waals surface area (Å²) in [5.41, 5.74) is 8.37. The van der Waals surface area contributed by atoms with Crippen LogP contribution in [0.4, 0.5) is 10.1 Å². The van der Waals surface area contributed by atoms with Crippen molar-refractivity contribution in [1.82, 2.24) is 9.78 Å². The number of nitrogens with two attached hydrogens (primary N) is 1. The van der Waals surface area contributed by atoms with Gasteiger partial charge < -0.3 is 5.73 Å². The van der Waals surface area contributed by atoms with Gasteiger partial charge in [0.2, 0.25) is 0 Å². The van der Waals surface area contributed by atoms with E-state index in [1.54, 1.807) is 4.68 Å². The molecule has 6 heteroatoms. The highest BCUT2D eigenvalue weighted by molar-refractivity contribution is 9.10. The lowest BCUT2D eigenvalue weighted by Crippen LogP contribution is -2.04. The van der Waals surface area contributed by atoms with Gasteiger partial charge in [-0.25, -0.2) is 9.07 Å². The fourth-order valence-corrected chi connectivity index (χ4v) is 2.00. The van der Waals surface area contributed by atoms with Gasteiger partial charge in [0.05, 0.1) is 32.3 Å².